The van der Waals surface area contributed by atoms with Crippen LogP contribution in [0.3, 0.4) is 0 Å². The van der Waals surface area contributed by atoms with Gasteiger partial charge in [0.2, 0.25) is 5.91 Å². The number of aromatic nitrogens is 2. The molecule has 26 heavy (non-hydrogen) atoms. The van der Waals surface area contributed by atoms with Crippen molar-refractivity contribution in [2.24, 2.45) is 5.92 Å². The van der Waals surface area contributed by atoms with E-state index in [2.05, 4.69) is 10.4 Å². The number of rotatable bonds is 5. The Labute approximate surface area is 155 Å². The van der Waals surface area contributed by atoms with Gasteiger partial charge in [-0.25, -0.2) is 4.39 Å². The number of carbonyl (C=O) groups excluding carboxylic acids is 1. The van der Waals surface area contributed by atoms with Crippen molar-refractivity contribution < 1.29 is 9.18 Å². The molecule has 4 nitrogen and oxygen atoms in total. The van der Waals surface area contributed by atoms with Crippen LogP contribution in [0.25, 0.3) is 0 Å². The molecular formula is C20H17ClFN3O. The van der Waals surface area contributed by atoms with Gasteiger partial charge in [-0.15, -0.1) is 0 Å². The van der Waals surface area contributed by atoms with E-state index in [4.69, 9.17) is 11.6 Å². The van der Waals surface area contributed by atoms with Crippen LogP contribution in [-0.2, 0) is 11.3 Å². The second-order valence-electron chi connectivity index (χ2n) is 6.50. The Morgan fingerprint density at radius 3 is 2.81 bits per heavy atom. The van der Waals surface area contributed by atoms with E-state index >= 15 is 0 Å². The van der Waals surface area contributed by atoms with E-state index in [-0.39, 0.29) is 23.6 Å². The number of amides is 1. The van der Waals surface area contributed by atoms with Gasteiger partial charge in [0, 0.05) is 12.1 Å². The molecule has 2 aromatic carbocycles. The molecule has 1 fully saturated rings. The molecule has 3 aromatic rings. The normalized spacial score (nSPS) is 18.5. The van der Waals surface area contributed by atoms with Crippen molar-refractivity contribution >= 4 is 23.3 Å². The Kier molecular flexibility index (Phi) is 4.47. The Hall–Kier alpha value is -2.66. The zero-order valence-electron chi connectivity index (χ0n) is 13.9. The van der Waals surface area contributed by atoms with Gasteiger partial charge in [0.1, 0.15) is 10.8 Å². The minimum atomic E-state index is -0.296. The first-order chi connectivity index (χ1) is 12.6. The highest BCUT2D eigenvalue weighted by Crippen LogP contribution is 2.48. The van der Waals surface area contributed by atoms with E-state index in [1.807, 2.05) is 36.4 Å². The number of anilines is 1. The van der Waals surface area contributed by atoms with Crippen molar-refractivity contribution in [1.82, 2.24) is 9.78 Å². The number of carbonyl (C=O) groups is 1. The first kappa shape index (κ1) is 16.8. The SMILES string of the molecule is O=C(Nc1nn(Cc2cccc(F)c2)cc1Cl)C1CC1c1ccccc1. The number of hydrogen-bond donors (Lipinski definition) is 1. The summed E-state index contributed by atoms with van der Waals surface area (Å²) in [6, 6.07) is 16.3. The molecular weight excluding hydrogens is 353 g/mol. The third-order valence-corrected chi connectivity index (χ3v) is 4.82. The van der Waals surface area contributed by atoms with E-state index in [1.54, 1.807) is 16.9 Å². The molecule has 4 rings (SSSR count). The van der Waals surface area contributed by atoms with Gasteiger partial charge in [0.05, 0.1) is 6.54 Å². The van der Waals surface area contributed by atoms with Crippen LogP contribution in [0.1, 0.15) is 23.5 Å². The molecule has 0 aliphatic heterocycles. The van der Waals surface area contributed by atoms with Crippen LogP contribution in [-0.4, -0.2) is 15.7 Å². The number of nitrogens with zero attached hydrogens (tertiary/aromatic N) is 2. The Bertz CT molecular complexity index is 941. The van der Waals surface area contributed by atoms with E-state index in [0.717, 1.165) is 12.0 Å². The van der Waals surface area contributed by atoms with Gasteiger partial charge < -0.3 is 5.32 Å². The molecule has 2 unspecified atom stereocenters. The number of benzene rings is 2. The number of hydrogen-bond acceptors (Lipinski definition) is 2. The Morgan fingerprint density at radius 1 is 1.23 bits per heavy atom. The lowest BCUT2D eigenvalue weighted by molar-refractivity contribution is -0.117. The fourth-order valence-electron chi connectivity index (χ4n) is 3.15. The number of nitrogens with one attached hydrogen (secondary N) is 1. The highest BCUT2D eigenvalue weighted by Gasteiger charge is 2.44. The molecule has 0 radical (unpaired) electrons. The second kappa shape index (κ2) is 6.92. The lowest BCUT2D eigenvalue weighted by atomic mass is 10.1. The summed E-state index contributed by atoms with van der Waals surface area (Å²) in [6.07, 6.45) is 2.46. The van der Waals surface area contributed by atoms with Gasteiger partial charge in [-0.1, -0.05) is 54.1 Å². The molecule has 1 amide bonds. The van der Waals surface area contributed by atoms with Crippen LogP contribution < -0.4 is 5.32 Å². The maximum atomic E-state index is 13.3. The van der Waals surface area contributed by atoms with Crippen molar-refractivity contribution in [3.8, 4) is 0 Å². The van der Waals surface area contributed by atoms with Crippen LogP contribution in [0.4, 0.5) is 10.2 Å². The molecule has 2 atom stereocenters. The average molecular weight is 370 g/mol. The van der Waals surface area contributed by atoms with Crippen molar-refractivity contribution in [3.63, 3.8) is 0 Å². The quantitative estimate of drug-likeness (QED) is 0.721. The van der Waals surface area contributed by atoms with Crippen molar-refractivity contribution in [2.45, 2.75) is 18.9 Å². The topological polar surface area (TPSA) is 46.9 Å². The van der Waals surface area contributed by atoms with Gasteiger partial charge in [0.15, 0.2) is 5.82 Å². The van der Waals surface area contributed by atoms with E-state index in [9.17, 15) is 9.18 Å². The van der Waals surface area contributed by atoms with Crippen LogP contribution in [0.2, 0.25) is 5.02 Å². The number of halogens is 2. The highest BCUT2D eigenvalue weighted by molar-refractivity contribution is 6.33. The lowest BCUT2D eigenvalue weighted by Crippen LogP contribution is -2.15. The van der Waals surface area contributed by atoms with Gasteiger partial charge in [0.25, 0.3) is 0 Å². The summed E-state index contributed by atoms with van der Waals surface area (Å²) in [6.45, 7) is 0.378. The fourth-order valence-corrected chi connectivity index (χ4v) is 3.35. The molecule has 1 heterocycles. The van der Waals surface area contributed by atoms with Crippen molar-refractivity contribution in [2.75, 3.05) is 5.32 Å². The summed E-state index contributed by atoms with van der Waals surface area (Å²) in [5.74, 6) is 0.171. The Balaban J connectivity index is 1.41. The van der Waals surface area contributed by atoms with Gasteiger partial charge >= 0.3 is 0 Å². The second-order valence-corrected chi connectivity index (χ2v) is 6.91. The van der Waals surface area contributed by atoms with Crippen LogP contribution >= 0.6 is 11.6 Å². The summed E-state index contributed by atoms with van der Waals surface area (Å²) >= 11 is 6.19. The van der Waals surface area contributed by atoms with E-state index in [1.165, 1.54) is 17.7 Å². The van der Waals surface area contributed by atoms with Crippen molar-refractivity contribution in [1.29, 1.82) is 0 Å². The maximum Gasteiger partial charge on any atom is 0.229 e. The lowest BCUT2D eigenvalue weighted by Gasteiger charge is -2.03. The van der Waals surface area contributed by atoms with Gasteiger partial charge in [-0.2, -0.15) is 5.10 Å². The third kappa shape index (κ3) is 3.63. The molecule has 0 saturated heterocycles. The first-order valence-electron chi connectivity index (χ1n) is 8.43. The molecule has 1 N–H and O–H groups in total. The zero-order chi connectivity index (χ0) is 18.1. The monoisotopic (exact) mass is 369 g/mol. The summed E-state index contributed by atoms with van der Waals surface area (Å²) < 4.78 is 14.9. The minimum absolute atomic E-state index is 0.0539. The maximum absolute atomic E-state index is 13.3. The van der Waals surface area contributed by atoms with Crippen LogP contribution in [0.15, 0.2) is 60.8 Å². The summed E-state index contributed by atoms with van der Waals surface area (Å²) in [4.78, 5) is 12.5. The average Bonchev–Trinajstić information content (AvgIpc) is 3.36. The van der Waals surface area contributed by atoms with Crippen LogP contribution in [0, 0.1) is 11.7 Å². The molecule has 1 saturated carbocycles. The molecule has 1 aliphatic carbocycles. The summed E-state index contributed by atoms with van der Waals surface area (Å²) in [5, 5.41) is 7.49. The molecule has 6 heteroatoms. The fraction of sp³-hybridized carbons (Fsp3) is 0.200. The van der Waals surface area contributed by atoms with Crippen LogP contribution in [0.5, 0.6) is 0 Å². The van der Waals surface area contributed by atoms with E-state index < -0.39 is 0 Å². The van der Waals surface area contributed by atoms with Gasteiger partial charge in [-0.05, 0) is 35.6 Å². The molecule has 1 aliphatic rings. The summed E-state index contributed by atoms with van der Waals surface area (Å²) in [7, 11) is 0. The standard InChI is InChI=1S/C20H17ClFN3O/c21-18-12-25(11-13-5-4-8-15(22)9-13)24-19(18)23-20(26)17-10-16(17)14-6-2-1-3-7-14/h1-9,12,16-17H,10-11H2,(H,23,24,26). The predicted octanol–water partition coefficient (Wildman–Crippen LogP) is 4.47. The zero-order valence-corrected chi connectivity index (χ0v) is 14.7. The summed E-state index contributed by atoms with van der Waals surface area (Å²) in [5.41, 5.74) is 1.95. The minimum Gasteiger partial charge on any atom is -0.308 e. The molecule has 132 valence electrons. The Morgan fingerprint density at radius 2 is 2.04 bits per heavy atom. The molecule has 0 bridgehead atoms. The van der Waals surface area contributed by atoms with Crippen molar-refractivity contribution in [3.05, 3.63) is 82.8 Å². The highest BCUT2D eigenvalue weighted by atomic mass is 35.5. The first-order valence-corrected chi connectivity index (χ1v) is 8.81. The van der Waals surface area contributed by atoms with Gasteiger partial charge in [-0.3, -0.25) is 9.48 Å². The largest absolute Gasteiger partial charge is 0.308 e. The predicted molar refractivity (Wildman–Crippen MR) is 98.7 cm³/mol. The third-order valence-electron chi connectivity index (χ3n) is 4.55. The molecule has 1 aromatic heterocycles. The smallest absolute Gasteiger partial charge is 0.229 e. The van der Waals surface area contributed by atoms with E-state index in [0.29, 0.717) is 17.4 Å². The molecule has 0 spiro atoms.